The normalized spacial score (nSPS) is 12.0. The molecule has 0 aliphatic heterocycles. The van der Waals surface area contributed by atoms with Crippen molar-refractivity contribution < 1.29 is 18.7 Å². The number of methoxy groups -OCH3 is 1. The molecule has 1 rings (SSSR count). The minimum Gasteiger partial charge on any atom is -0.475 e. The van der Waals surface area contributed by atoms with Crippen LogP contribution in [-0.2, 0) is 9.53 Å². The largest absolute Gasteiger partial charge is 0.475 e. The number of nitrogens with two attached hydrogens (primary N) is 1. The number of rotatable bonds is 5. The zero-order valence-corrected chi connectivity index (χ0v) is 9.70. The first-order valence-corrected chi connectivity index (χ1v) is 5.00. The zero-order chi connectivity index (χ0) is 12.8. The topological polar surface area (TPSA) is 73.6 Å². The molecule has 0 aliphatic rings. The van der Waals surface area contributed by atoms with E-state index in [-0.39, 0.29) is 12.4 Å². The monoisotopic (exact) mass is 242 g/mol. The summed E-state index contributed by atoms with van der Waals surface area (Å²) in [5.74, 6) is 3.88. The van der Waals surface area contributed by atoms with Crippen molar-refractivity contribution in [1.29, 1.82) is 0 Å². The molecule has 0 aliphatic carbocycles. The number of hydrazine groups is 1. The summed E-state index contributed by atoms with van der Waals surface area (Å²) in [7, 11) is 1.41. The predicted octanol–water partition coefficient (Wildman–Crippen LogP) is 0.518. The Labute approximate surface area is 98.7 Å². The minimum absolute atomic E-state index is 0.00403. The van der Waals surface area contributed by atoms with Gasteiger partial charge in [0.2, 0.25) is 6.10 Å². The van der Waals surface area contributed by atoms with E-state index in [2.05, 4.69) is 0 Å². The molecule has 0 aromatic heterocycles. The van der Waals surface area contributed by atoms with Gasteiger partial charge >= 0.3 is 0 Å². The second-order valence-corrected chi connectivity index (χ2v) is 3.50. The quantitative estimate of drug-likeness (QED) is 0.448. The fraction of sp³-hybridized carbons (Fsp3) is 0.364. The number of halogens is 1. The van der Waals surface area contributed by atoms with Crippen LogP contribution >= 0.6 is 0 Å². The maximum absolute atomic E-state index is 13.4. The Hall–Kier alpha value is -1.66. The van der Waals surface area contributed by atoms with Crippen molar-refractivity contribution >= 4 is 5.91 Å². The van der Waals surface area contributed by atoms with Crippen LogP contribution < -0.4 is 16.0 Å². The summed E-state index contributed by atoms with van der Waals surface area (Å²) in [5, 5.41) is 0. The molecule has 1 atom stereocenters. The van der Waals surface area contributed by atoms with Crippen molar-refractivity contribution in [3.63, 3.8) is 0 Å². The molecule has 1 aromatic carbocycles. The third-order valence-electron chi connectivity index (χ3n) is 2.11. The molecule has 0 radical (unpaired) electrons. The van der Waals surface area contributed by atoms with E-state index in [0.717, 1.165) is 5.56 Å². The fourth-order valence-corrected chi connectivity index (χ4v) is 1.26. The van der Waals surface area contributed by atoms with Gasteiger partial charge in [-0.3, -0.25) is 10.2 Å². The van der Waals surface area contributed by atoms with Gasteiger partial charge < -0.3 is 9.47 Å². The second-order valence-electron chi connectivity index (χ2n) is 3.50. The molecule has 0 bridgehead atoms. The van der Waals surface area contributed by atoms with E-state index in [1.165, 1.54) is 19.2 Å². The standard InChI is InChI=1S/C11H15FN2O3/c1-7-3-4-8(12)9(5-7)17-10(6-16-2)11(15)14-13/h3-5,10H,6,13H2,1-2H3,(H,14,15). The summed E-state index contributed by atoms with van der Waals surface area (Å²) in [4.78, 5) is 11.3. The summed E-state index contributed by atoms with van der Waals surface area (Å²) in [6.45, 7) is 1.77. The van der Waals surface area contributed by atoms with Gasteiger partial charge in [-0.15, -0.1) is 0 Å². The SMILES string of the molecule is COCC(Oc1cc(C)ccc1F)C(=O)NN. The molecule has 0 saturated heterocycles. The first-order chi connectivity index (χ1) is 8.08. The highest BCUT2D eigenvalue weighted by molar-refractivity contribution is 5.80. The Balaban J connectivity index is 2.85. The molecule has 3 N–H and O–H groups in total. The Morgan fingerprint density at radius 1 is 1.59 bits per heavy atom. The average molecular weight is 242 g/mol. The number of hydrogen-bond donors (Lipinski definition) is 2. The van der Waals surface area contributed by atoms with Crippen LogP contribution in [0.15, 0.2) is 18.2 Å². The predicted molar refractivity (Wildman–Crippen MR) is 59.8 cm³/mol. The Morgan fingerprint density at radius 2 is 2.29 bits per heavy atom. The summed E-state index contributed by atoms with van der Waals surface area (Å²) >= 11 is 0. The highest BCUT2D eigenvalue weighted by Gasteiger charge is 2.20. The van der Waals surface area contributed by atoms with E-state index >= 15 is 0 Å². The van der Waals surface area contributed by atoms with Crippen molar-refractivity contribution in [3.8, 4) is 5.75 Å². The number of carbonyl (C=O) groups excluding carboxylic acids is 1. The van der Waals surface area contributed by atoms with E-state index < -0.39 is 17.8 Å². The number of aryl methyl sites for hydroxylation is 1. The van der Waals surface area contributed by atoms with Gasteiger partial charge in [0.15, 0.2) is 11.6 Å². The Bertz CT molecular complexity index is 398. The van der Waals surface area contributed by atoms with Crippen LogP contribution in [0.2, 0.25) is 0 Å². The smallest absolute Gasteiger partial charge is 0.277 e. The van der Waals surface area contributed by atoms with E-state index in [1.54, 1.807) is 13.0 Å². The van der Waals surface area contributed by atoms with Crippen molar-refractivity contribution in [1.82, 2.24) is 5.43 Å². The number of amides is 1. The lowest BCUT2D eigenvalue weighted by Gasteiger charge is -2.17. The molecular weight excluding hydrogens is 227 g/mol. The van der Waals surface area contributed by atoms with E-state index in [0.29, 0.717) is 0 Å². The van der Waals surface area contributed by atoms with E-state index in [1.807, 2.05) is 5.43 Å². The average Bonchev–Trinajstić information content (AvgIpc) is 2.32. The van der Waals surface area contributed by atoms with Gasteiger partial charge in [0, 0.05) is 7.11 Å². The van der Waals surface area contributed by atoms with Crippen molar-refractivity contribution in [2.75, 3.05) is 13.7 Å². The number of hydrogen-bond acceptors (Lipinski definition) is 4. The number of benzene rings is 1. The molecule has 0 spiro atoms. The van der Waals surface area contributed by atoms with Gasteiger partial charge in [-0.1, -0.05) is 6.07 Å². The fourth-order valence-electron chi connectivity index (χ4n) is 1.26. The lowest BCUT2D eigenvalue weighted by Crippen LogP contribution is -2.44. The number of ether oxygens (including phenoxy) is 2. The van der Waals surface area contributed by atoms with Gasteiger partial charge in [-0.25, -0.2) is 10.2 Å². The second kappa shape index (κ2) is 6.17. The van der Waals surface area contributed by atoms with Crippen LogP contribution in [0, 0.1) is 12.7 Å². The molecule has 1 amide bonds. The molecular formula is C11H15FN2O3. The molecule has 0 fully saturated rings. The van der Waals surface area contributed by atoms with Gasteiger partial charge in [-0.05, 0) is 24.6 Å². The molecule has 5 nitrogen and oxygen atoms in total. The van der Waals surface area contributed by atoms with Crippen LogP contribution in [0.25, 0.3) is 0 Å². The maximum atomic E-state index is 13.4. The molecule has 6 heteroatoms. The number of nitrogens with one attached hydrogen (secondary N) is 1. The van der Waals surface area contributed by atoms with Crippen LogP contribution in [0.1, 0.15) is 5.56 Å². The van der Waals surface area contributed by atoms with Gasteiger partial charge in [-0.2, -0.15) is 0 Å². The van der Waals surface area contributed by atoms with Crippen molar-refractivity contribution in [2.24, 2.45) is 5.84 Å². The van der Waals surface area contributed by atoms with Gasteiger partial charge in [0.05, 0.1) is 6.61 Å². The molecule has 17 heavy (non-hydrogen) atoms. The Morgan fingerprint density at radius 3 is 2.88 bits per heavy atom. The number of carbonyl (C=O) groups is 1. The Kier molecular flexibility index (Phi) is 4.86. The molecule has 94 valence electrons. The zero-order valence-electron chi connectivity index (χ0n) is 9.70. The van der Waals surface area contributed by atoms with E-state index in [9.17, 15) is 9.18 Å². The summed E-state index contributed by atoms with van der Waals surface area (Å²) in [6.07, 6.45) is -0.985. The maximum Gasteiger partial charge on any atom is 0.277 e. The van der Waals surface area contributed by atoms with Crippen molar-refractivity contribution in [3.05, 3.63) is 29.6 Å². The molecule has 1 aromatic rings. The highest BCUT2D eigenvalue weighted by atomic mass is 19.1. The third-order valence-corrected chi connectivity index (χ3v) is 2.11. The van der Waals surface area contributed by atoms with Crippen LogP contribution in [0.3, 0.4) is 0 Å². The van der Waals surface area contributed by atoms with Crippen LogP contribution in [0.4, 0.5) is 4.39 Å². The molecule has 0 heterocycles. The highest BCUT2D eigenvalue weighted by Crippen LogP contribution is 2.19. The lowest BCUT2D eigenvalue weighted by molar-refractivity contribution is -0.130. The first-order valence-electron chi connectivity index (χ1n) is 5.00. The van der Waals surface area contributed by atoms with Gasteiger partial charge in [0.25, 0.3) is 5.91 Å². The van der Waals surface area contributed by atoms with E-state index in [4.69, 9.17) is 15.3 Å². The summed E-state index contributed by atoms with van der Waals surface area (Å²) in [5.41, 5.74) is 2.76. The minimum atomic E-state index is -0.985. The lowest BCUT2D eigenvalue weighted by atomic mass is 10.2. The summed E-state index contributed by atoms with van der Waals surface area (Å²) in [6, 6.07) is 4.38. The van der Waals surface area contributed by atoms with Gasteiger partial charge in [0.1, 0.15) is 0 Å². The summed E-state index contributed by atoms with van der Waals surface area (Å²) < 4.78 is 23.4. The molecule has 1 unspecified atom stereocenters. The molecule has 0 saturated carbocycles. The van der Waals surface area contributed by atoms with Crippen molar-refractivity contribution in [2.45, 2.75) is 13.0 Å². The third kappa shape index (κ3) is 3.69. The first kappa shape index (κ1) is 13.4. The van der Waals surface area contributed by atoms with Crippen LogP contribution in [0.5, 0.6) is 5.75 Å². The van der Waals surface area contributed by atoms with Crippen LogP contribution in [-0.4, -0.2) is 25.7 Å².